The van der Waals surface area contributed by atoms with E-state index < -0.39 is 0 Å². The SMILES string of the molecule is CN=C(NCCc1nc(-c2ccco2)n[nH]1)NCc1ncc(C)s1. The molecule has 0 atom stereocenters. The van der Waals surface area contributed by atoms with Gasteiger partial charge in [-0.2, -0.15) is 5.10 Å². The molecule has 0 spiro atoms. The van der Waals surface area contributed by atoms with Gasteiger partial charge in [-0.1, -0.05) is 0 Å². The summed E-state index contributed by atoms with van der Waals surface area (Å²) in [5.74, 6) is 2.74. The third kappa shape index (κ3) is 4.19. The molecule has 0 unspecified atom stereocenters. The Morgan fingerprint density at radius 3 is 3.04 bits per heavy atom. The molecule has 0 aliphatic rings. The van der Waals surface area contributed by atoms with E-state index in [0.717, 1.165) is 16.8 Å². The second-order valence-corrected chi connectivity index (χ2v) is 6.37. The van der Waals surface area contributed by atoms with Crippen LogP contribution in [0.5, 0.6) is 0 Å². The molecule has 0 amide bonds. The Morgan fingerprint density at radius 2 is 2.33 bits per heavy atom. The van der Waals surface area contributed by atoms with Gasteiger partial charge in [-0.15, -0.1) is 11.3 Å². The molecule has 0 saturated carbocycles. The van der Waals surface area contributed by atoms with E-state index in [1.807, 2.05) is 25.3 Å². The van der Waals surface area contributed by atoms with Crippen LogP contribution >= 0.6 is 11.3 Å². The van der Waals surface area contributed by atoms with Gasteiger partial charge in [0.25, 0.3) is 0 Å². The minimum atomic E-state index is 0.566. The predicted molar refractivity (Wildman–Crippen MR) is 92.8 cm³/mol. The quantitative estimate of drug-likeness (QED) is 0.464. The summed E-state index contributed by atoms with van der Waals surface area (Å²) in [6, 6.07) is 3.64. The number of rotatable bonds is 6. The van der Waals surface area contributed by atoms with Crippen LogP contribution in [0.1, 0.15) is 15.7 Å². The molecule has 0 fully saturated rings. The molecule has 126 valence electrons. The summed E-state index contributed by atoms with van der Waals surface area (Å²) in [6.45, 7) is 3.38. The van der Waals surface area contributed by atoms with Gasteiger partial charge in [0.2, 0.25) is 5.82 Å². The highest BCUT2D eigenvalue weighted by atomic mass is 32.1. The van der Waals surface area contributed by atoms with Gasteiger partial charge in [0, 0.05) is 31.1 Å². The van der Waals surface area contributed by atoms with Gasteiger partial charge in [0.1, 0.15) is 10.8 Å². The maximum Gasteiger partial charge on any atom is 0.216 e. The third-order valence-corrected chi connectivity index (χ3v) is 4.14. The maximum absolute atomic E-state index is 5.27. The first-order valence-corrected chi connectivity index (χ1v) is 8.37. The number of guanidine groups is 1. The van der Waals surface area contributed by atoms with Crippen LogP contribution in [0.15, 0.2) is 34.0 Å². The van der Waals surface area contributed by atoms with E-state index in [2.05, 4.69) is 35.8 Å². The van der Waals surface area contributed by atoms with Crippen molar-refractivity contribution in [1.82, 2.24) is 30.8 Å². The van der Waals surface area contributed by atoms with Gasteiger partial charge in [-0.05, 0) is 19.1 Å². The van der Waals surface area contributed by atoms with E-state index in [-0.39, 0.29) is 0 Å². The van der Waals surface area contributed by atoms with Crippen LogP contribution in [-0.4, -0.2) is 39.7 Å². The lowest BCUT2D eigenvalue weighted by molar-refractivity contribution is 0.577. The van der Waals surface area contributed by atoms with Crippen LogP contribution in [-0.2, 0) is 13.0 Å². The average molecular weight is 345 g/mol. The number of aliphatic imine (C=N–C) groups is 1. The number of hydrogen-bond donors (Lipinski definition) is 3. The molecule has 3 aromatic heterocycles. The van der Waals surface area contributed by atoms with Crippen LogP contribution in [0.2, 0.25) is 0 Å². The minimum Gasteiger partial charge on any atom is -0.461 e. The fourth-order valence-electron chi connectivity index (χ4n) is 2.09. The predicted octanol–water partition coefficient (Wildman–Crippen LogP) is 1.74. The Morgan fingerprint density at radius 1 is 1.42 bits per heavy atom. The summed E-state index contributed by atoms with van der Waals surface area (Å²) in [4.78, 5) is 14.1. The largest absolute Gasteiger partial charge is 0.461 e. The Balaban J connectivity index is 1.44. The molecule has 0 aliphatic carbocycles. The smallest absolute Gasteiger partial charge is 0.216 e. The molecule has 3 rings (SSSR count). The minimum absolute atomic E-state index is 0.566. The first-order valence-electron chi connectivity index (χ1n) is 7.55. The molecule has 24 heavy (non-hydrogen) atoms. The second-order valence-electron chi connectivity index (χ2n) is 5.05. The zero-order valence-electron chi connectivity index (χ0n) is 13.5. The molecule has 0 bridgehead atoms. The lowest BCUT2D eigenvalue weighted by Crippen LogP contribution is -2.37. The van der Waals surface area contributed by atoms with E-state index in [9.17, 15) is 0 Å². The van der Waals surface area contributed by atoms with Crippen molar-refractivity contribution < 1.29 is 4.42 Å². The highest BCUT2D eigenvalue weighted by Gasteiger charge is 2.08. The first kappa shape index (κ1) is 16.2. The van der Waals surface area contributed by atoms with Crippen molar-refractivity contribution in [3.8, 4) is 11.6 Å². The number of thiazole rings is 1. The summed E-state index contributed by atoms with van der Waals surface area (Å²) in [5, 5.41) is 14.6. The van der Waals surface area contributed by atoms with Crippen LogP contribution in [0, 0.1) is 6.92 Å². The van der Waals surface area contributed by atoms with Gasteiger partial charge in [-0.25, -0.2) is 9.97 Å². The van der Waals surface area contributed by atoms with E-state index >= 15 is 0 Å². The second kappa shape index (κ2) is 7.73. The van der Waals surface area contributed by atoms with Gasteiger partial charge in [-0.3, -0.25) is 10.1 Å². The van der Waals surface area contributed by atoms with Crippen LogP contribution < -0.4 is 10.6 Å². The summed E-state index contributed by atoms with van der Waals surface area (Å²) in [7, 11) is 1.74. The Kier molecular flexibility index (Phi) is 5.22. The van der Waals surface area contributed by atoms with Gasteiger partial charge in [0.05, 0.1) is 12.8 Å². The van der Waals surface area contributed by atoms with Crippen LogP contribution in [0.4, 0.5) is 0 Å². The van der Waals surface area contributed by atoms with E-state index in [1.165, 1.54) is 4.88 Å². The van der Waals surface area contributed by atoms with Crippen molar-refractivity contribution in [2.45, 2.75) is 19.9 Å². The Labute approximate surface area is 143 Å². The molecule has 9 heteroatoms. The van der Waals surface area contributed by atoms with Crippen molar-refractivity contribution in [3.05, 3.63) is 40.3 Å². The fourth-order valence-corrected chi connectivity index (χ4v) is 2.81. The maximum atomic E-state index is 5.27. The normalized spacial score (nSPS) is 11.7. The molecular formula is C15H19N7OS. The molecule has 0 radical (unpaired) electrons. The molecule has 0 saturated heterocycles. The molecule has 0 aromatic carbocycles. The molecular weight excluding hydrogens is 326 g/mol. The number of aromatic nitrogens is 4. The highest BCUT2D eigenvalue weighted by molar-refractivity contribution is 7.11. The van der Waals surface area contributed by atoms with E-state index in [4.69, 9.17) is 4.42 Å². The Bertz CT molecular complexity index is 790. The van der Waals surface area contributed by atoms with Gasteiger partial charge < -0.3 is 15.1 Å². The topological polar surface area (TPSA) is 104 Å². The van der Waals surface area contributed by atoms with E-state index in [0.29, 0.717) is 31.1 Å². The lowest BCUT2D eigenvalue weighted by atomic mass is 10.4. The van der Waals surface area contributed by atoms with Crippen LogP contribution in [0.25, 0.3) is 11.6 Å². The summed E-state index contributed by atoms with van der Waals surface area (Å²) < 4.78 is 5.27. The van der Waals surface area contributed by atoms with Gasteiger partial charge in [0.15, 0.2) is 11.7 Å². The summed E-state index contributed by atoms with van der Waals surface area (Å²) in [6.07, 6.45) is 4.18. The third-order valence-electron chi connectivity index (χ3n) is 3.23. The van der Waals surface area contributed by atoms with Crippen LogP contribution in [0.3, 0.4) is 0 Å². The number of nitrogens with zero attached hydrogens (tertiary/aromatic N) is 4. The van der Waals surface area contributed by atoms with E-state index in [1.54, 1.807) is 24.6 Å². The number of H-pyrrole nitrogens is 1. The van der Waals surface area contributed by atoms with Gasteiger partial charge >= 0.3 is 0 Å². The molecule has 8 nitrogen and oxygen atoms in total. The average Bonchev–Trinajstić information content (AvgIpc) is 3.32. The lowest BCUT2D eigenvalue weighted by Gasteiger charge is -2.09. The monoisotopic (exact) mass is 345 g/mol. The van der Waals surface area contributed by atoms with Crippen molar-refractivity contribution >= 4 is 17.3 Å². The Hall–Kier alpha value is -2.68. The first-order chi connectivity index (χ1) is 11.7. The van der Waals surface area contributed by atoms with Crippen molar-refractivity contribution in [1.29, 1.82) is 0 Å². The number of aromatic amines is 1. The zero-order valence-corrected chi connectivity index (χ0v) is 14.4. The fraction of sp³-hybridized carbons (Fsp3) is 0.333. The zero-order chi connectivity index (χ0) is 16.8. The molecule has 3 heterocycles. The number of nitrogens with one attached hydrogen (secondary N) is 3. The number of hydrogen-bond acceptors (Lipinski definition) is 6. The molecule has 3 aromatic rings. The number of aryl methyl sites for hydroxylation is 1. The number of furan rings is 1. The molecule has 0 aliphatic heterocycles. The molecule has 3 N–H and O–H groups in total. The summed E-state index contributed by atoms with van der Waals surface area (Å²) in [5.41, 5.74) is 0. The van der Waals surface area contributed by atoms with Crippen molar-refractivity contribution in [2.24, 2.45) is 4.99 Å². The van der Waals surface area contributed by atoms with Crippen molar-refractivity contribution in [2.75, 3.05) is 13.6 Å². The van der Waals surface area contributed by atoms with Crippen molar-refractivity contribution in [3.63, 3.8) is 0 Å². The highest BCUT2D eigenvalue weighted by Crippen LogP contribution is 2.14. The standard InChI is InChI=1S/C15H19N7OS/c1-10-8-18-13(24-10)9-19-15(16-2)17-6-5-12-20-14(22-21-12)11-4-3-7-23-11/h3-4,7-8H,5-6,9H2,1-2H3,(H2,16,17,19)(H,20,21,22). The summed E-state index contributed by atoms with van der Waals surface area (Å²) >= 11 is 1.67.